The number of hydrogen-bond acceptors (Lipinski definition) is 10. The smallest absolute Gasteiger partial charge is 0.302 e. The van der Waals surface area contributed by atoms with Crippen molar-refractivity contribution < 1.29 is 43.5 Å². The molecule has 4 aliphatic carbocycles. The molecule has 0 bridgehead atoms. The van der Waals surface area contributed by atoms with E-state index >= 15 is 0 Å². The van der Waals surface area contributed by atoms with E-state index in [-0.39, 0.29) is 48.0 Å². The number of aliphatic hydroxyl groups excluding tert-OH is 2. The number of nitrogens with zero attached hydrogens (tertiary/aromatic N) is 1. The largest absolute Gasteiger partial charge is 0.462 e. The highest BCUT2D eigenvalue weighted by atomic mass is 35.5. The quantitative estimate of drug-likeness (QED) is 0.218. The summed E-state index contributed by atoms with van der Waals surface area (Å²) in [5.74, 6) is 1.61. The number of carbonyl (C=O) groups is 2. The molecule has 46 heavy (non-hydrogen) atoms. The molecule has 5 fully saturated rings. The molecule has 10 nitrogen and oxygen atoms in total. The molecule has 2 heterocycles. The first-order valence-electron chi connectivity index (χ1n) is 17.1. The second kappa shape index (κ2) is 14.8. The van der Waals surface area contributed by atoms with Crippen molar-refractivity contribution >= 4 is 24.2 Å². The van der Waals surface area contributed by atoms with Crippen molar-refractivity contribution in [2.24, 2.45) is 28.6 Å². The fourth-order valence-electron chi connectivity index (χ4n) is 9.44. The van der Waals surface area contributed by atoms with Crippen LogP contribution in [0, 0.1) is 28.6 Å². The molecule has 6 rings (SSSR count). The molecular formula is C35H58ClNO9. The minimum absolute atomic E-state index is 0. The van der Waals surface area contributed by atoms with Crippen LogP contribution in [0.5, 0.6) is 0 Å². The van der Waals surface area contributed by atoms with Gasteiger partial charge in [0.2, 0.25) is 0 Å². The van der Waals surface area contributed by atoms with E-state index < -0.39 is 30.4 Å². The number of ether oxygens (including phenoxy) is 5. The van der Waals surface area contributed by atoms with E-state index in [1.165, 1.54) is 18.9 Å². The molecule has 2 aliphatic heterocycles. The van der Waals surface area contributed by atoms with E-state index in [4.69, 9.17) is 28.8 Å². The van der Waals surface area contributed by atoms with Crippen LogP contribution in [0.2, 0.25) is 0 Å². The Bertz CT molecular complexity index is 1120. The Hall–Kier alpha value is -1.11. The maximum atomic E-state index is 12.4. The molecule has 11 unspecified atom stereocenters. The average molecular weight is 672 g/mol. The fraction of sp³-hybridized carbons (Fsp3) is 0.886. The first-order chi connectivity index (χ1) is 21.2. The zero-order valence-electron chi connectivity index (χ0n) is 28.9. The number of carbonyl (C=O) groups excluding carboxylic acids is 2. The van der Waals surface area contributed by atoms with Crippen molar-refractivity contribution in [3.63, 3.8) is 0 Å². The number of Topliss-reactive ketones (excluding diaryl/α,β-unsaturated/α-hetero) is 1. The van der Waals surface area contributed by atoms with Crippen LogP contribution in [-0.2, 0) is 33.3 Å². The standard InChI is InChI=1S/C21H30O3.C14H27NO6.ClH/c1-13(22)24-15-8-10-20(2)14(12-15)4-5-16-17-6-7-19(23)21(17,3)11-9-18(16)20;1-14(2)20-12-11(18-7-5-6-15(3)4)10(9(17)8-16)19-13(12)21-14;/h4,15-18H,5-12H2,1-3H3;9-13,16-17H,5-8H2,1-4H3;1H. The maximum Gasteiger partial charge on any atom is 0.302 e. The Morgan fingerprint density at radius 1 is 1.09 bits per heavy atom. The minimum atomic E-state index is -1.01. The van der Waals surface area contributed by atoms with E-state index in [0.717, 1.165) is 57.9 Å². The molecule has 0 aromatic rings. The lowest BCUT2D eigenvalue weighted by atomic mass is 9.48. The lowest BCUT2D eigenvalue weighted by Gasteiger charge is -2.56. The topological polar surface area (TPSA) is 124 Å². The van der Waals surface area contributed by atoms with Crippen LogP contribution in [0.25, 0.3) is 0 Å². The third kappa shape index (κ3) is 7.54. The van der Waals surface area contributed by atoms with E-state index in [1.807, 2.05) is 27.9 Å². The highest BCUT2D eigenvalue weighted by Crippen LogP contribution is 2.64. The van der Waals surface area contributed by atoms with E-state index in [9.17, 15) is 14.7 Å². The van der Waals surface area contributed by atoms with Gasteiger partial charge in [-0.3, -0.25) is 9.59 Å². The summed E-state index contributed by atoms with van der Waals surface area (Å²) < 4.78 is 28.5. The SMILES string of the molecule is CC(=O)OC1CCC2(C)C(=CCC3C4CCC(=O)C4(C)CCC32)C1.CN(C)CCCOC1C(C(O)CO)OC2OC(C)(C)OC21.Cl. The minimum Gasteiger partial charge on any atom is -0.462 e. The van der Waals surface area contributed by atoms with E-state index in [1.54, 1.807) is 0 Å². The van der Waals surface area contributed by atoms with Gasteiger partial charge in [0.15, 0.2) is 12.1 Å². The zero-order chi connectivity index (χ0) is 32.7. The number of esters is 1. The van der Waals surface area contributed by atoms with Crippen LogP contribution < -0.4 is 0 Å². The van der Waals surface area contributed by atoms with Crippen LogP contribution in [0.15, 0.2) is 11.6 Å². The molecule has 0 amide bonds. The second-order valence-corrected chi connectivity index (χ2v) is 15.5. The molecule has 0 aromatic carbocycles. The third-order valence-corrected chi connectivity index (χ3v) is 11.8. The Kier molecular flexibility index (Phi) is 12.1. The van der Waals surface area contributed by atoms with Gasteiger partial charge in [0.05, 0.1) is 6.61 Å². The monoisotopic (exact) mass is 671 g/mol. The van der Waals surface area contributed by atoms with Gasteiger partial charge in [0, 0.05) is 31.8 Å². The van der Waals surface area contributed by atoms with Gasteiger partial charge in [0.25, 0.3) is 0 Å². The molecule has 2 saturated heterocycles. The Labute approximate surface area is 281 Å². The van der Waals surface area contributed by atoms with Crippen molar-refractivity contribution in [3.05, 3.63) is 11.6 Å². The average Bonchev–Trinajstić information content (AvgIpc) is 3.57. The Morgan fingerprint density at radius 3 is 2.46 bits per heavy atom. The predicted molar refractivity (Wildman–Crippen MR) is 174 cm³/mol. The van der Waals surface area contributed by atoms with Crippen molar-refractivity contribution in [2.75, 3.05) is 33.9 Å². The summed E-state index contributed by atoms with van der Waals surface area (Å²) >= 11 is 0. The molecule has 3 saturated carbocycles. The lowest BCUT2D eigenvalue weighted by molar-refractivity contribution is -0.231. The third-order valence-electron chi connectivity index (χ3n) is 11.8. The van der Waals surface area contributed by atoms with Gasteiger partial charge >= 0.3 is 5.97 Å². The molecule has 2 N–H and O–H groups in total. The van der Waals surface area contributed by atoms with Crippen molar-refractivity contribution in [1.82, 2.24) is 4.90 Å². The van der Waals surface area contributed by atoms with Crippen LogP contribution in [-0.4, -0.2) is 103 Å². The van der Waals surface area contributed by atoms with Crippen LogP contribution in [0.3, 0.4) is 0 Å². The van der Waals surface area contributed by atoms with Gasteiger partial charge in [-0.05, 0) is 103 Å². The number of rotatable bonds is 8. The van der Waals surface area contributed by atoms with Gasteiger partial charge in [-0.2, -0.15) is 0 Å². The summed E-state index contributed by atoms with van der Waals surface area (Å²) in [5, 5.41) is 19.0. The Balaban J connectivity index is 0.000000207. The van der Waals surface area contributed by atoms with Crippen LogP contribution in [0.1, 0.15) is 92.4 Å². The number of halogens is 1. The summed E-state index contributed by atoms with van der Waals surface area (Å²) in [4.78, 5) is 25.8. The van der Waals surface area contributed by atoms with Crippen molar-refractivity contribution in [2.45, 2.75) is 135 Å². The number of aliphatic hydroxyl groups is 2. The first-order valence-corrected chi connectivity index (χ1v) is 17.1. The highest BCUT2D eigenvalue weighted by Gasteiger charge is 2.59. The van der Waals surface area contributed by atoms with Gasteiger partial charge in [-0.1, -0.05) is 25.5 Å². The molecule has 264 valence electrons. The Morgan fingerprint density at radius 2 is 1.78 bits per heavy atom. The van der Waals surface area contributed by atoms with E-state index in [2.05, 4.69) is 24.8 Å². The van der Waals surface area contributed by atoms with Gasteiger partial charge in [-0.15, -0.1) is 12.4 Å². The number of hydrogen-bond donors (Lipinski definition) is 2. The summed E-state index contributed by atoms with van der Waals surface area (Å²) in [6.07, 6.45) is 8.66. The number of allylic oxidation sites excluding steroid dienone is 1. The molecule has 0 radical (unpaired) electrons. The summed E-state index contributed by atoms with van der Waals surface area (Å²) in [5.41, 5.74) is 1.74. The molecule has 0 aromatic heterocycles. The molecule has 11 heteroatoms. The van der Waals surface area contributed by atoms with Crippen molar-refractivity contribution in [3.8, 4) is 0 Å². The molecule has 0 spiro atoms. The number of fused-ring (bicyclic) bond motifs is 6. The van der Waals surface area contributed by atoms with Crippen LogP contribution in [0.4, 0.5) is 0 Å². The van der Waals surface area contributed by atoms with Crippen LogP contribution >= 0.6 is 12.4 Å². The zero-order valence-corrected chi connectivity index (χ0v) is 29.7. The predicted octanol–water partition coefficient (Wildman–Crippen LogP) is 4.42. The lowest BCUT2D eigenvalue weighted by Crippen LogP contribution is -2.50. The molecular weight excluding hydrogens is 614 g/mol. The second-order valence-electron chi connectivity index (χ2n) is 15.5. The van der Waals surface area contributed by atoms with Gasteiger partial charge in [-0.25, -0.2) is 0 Å². The molecule has 11 atom stereocenters. The maximum absolute atomic E-state index is 12.4. The normalized spacial score (nSPS) is 41.2. The highest BCUT2D eigenvalue weighted by molar-refractivity contribution is 5.87. The summed E-state index contributed by atoms with van der Waals surface area (Å²) in [6.45, 7) is 10.9. The summed E-state index contributed by atoms with van der Waals surface area (Å²) in [7, 11) is 4.01. The van der Waals surface area contributed by atoms with Crippen molar-refractivity contribution in [1.29, 1.82) is 0 Å². The van der Waals surface area contributed by atoms with Gasteiger partial charge in [0.1, 0.15) is 36.3 Å². The molecule has 6 aliphatic rings. The van der Waals surface area contributed by atoms with Gasteiger partial charge < -0.3 is 38.8 Å². The number of ketones is 1. The first kappa shape index (κ1) is 37.7. The summed E-state index contributed by atoms with van der Waals surface area (Å²) in [6, 6.07) is 0. The van der Waals surface area contributed by atoms with E-state index in [0.29, 0.717) is 30.1 Å². The fourth-order valence-corrected chi connectivity index (χ4v) is 9.44.